The van der Waals surface area contributed by atoms with Crippen LogP contribution in [0.5, 0.6) is 0 Å². The number of pyridine rings is 1. The van der Waals surface area contributed by atoms with Crippen LogP contribution in [0.1, 0.15) is 5.82 Å². The number of hydrogen-bond donors (Lipinski definition) is 3. The number of nitrogens with zero attached hydrogens (tertiary/aromatic N) is 6. The Morgan fingerprint density at radius 2 is 2.23 bits per heavy atom. The van der Waals surface area contributed by atoms with Gasteiger partial charge in [-0.2, -0.15) is 9.36 Å². The molecule has 0 unspecified atom stereocenters. The van der Waals surface area contributed by atoms with Crippen LogP contribution in [0.2, 0.25) is 0 Å². The number of carboxylic acids is 1. The average molecular weight is 516 g/mol. The van der Waals surface area contributed by atoms with Gasteiger partial charge in [0.2, 0.25) is 11.5 Å². The molecule has 15 heteroatoms. The monoisotopic (exact) mass is 515 g/mol. The van der Waals surface area contributed by atoms with E-state index in [0.717, 1.165) is 17.2 Å². The number of carboxylic acid groups (broad SMARTS) is 1. The number of anilines is 1. The first kappa shape index (κ1) is 22.8. The Labute approximate surface area is 206 Å². The Hall–Kier alpha value is -3.98. The van der Waals surface area contributed by atoms with Crippen molar-refractivity contribution in [2.24, 2.45) is 5.16 Å². The van der Waals surface area contributed by atoms with Crippen LogP contribution in [-0.4, -0.2) is 71.5 Å². The molecule has 0 aromatic carbocycles. The van der Waals surface area contributed by atoms with Gasteiger partial charge in [-0.05, 0) is 6.07 Å². The number of hydrogen-bond acceptors (Lipinski definition) is 10. The lowest BCUT2D eigenvalue weighted by molar-refractivity contribution is -0.662. The van der Waals surface area contributed by atoms with E-state index < -0.39 is 29.2 Å². The number of aliphatic carboxylic acids is 1. The largest absolute Gasteiger partial charge is 0.477 e. The molecule has 5 heterocycles. The summed E-state index contributed by atoms with van der Waals surface area (Å²) >= 11 is 2.26. The van der Waals surface area contributed by atoms with Crippen LogP contribution in [0.3, 0.4) is 0 Å². The zero-order chi connectivity index (χ0) is 24.7. The molecule has 13 nitrogen and oxygen atoms in total. The highest BCUT2D eigenvalue weighted by Crippen LogP contribution is 2.40. The zero-order valence-electron chi connectivity index (χ0n) is 18.2. The molecule has 180 valence electrons. The van der Waals surface area contributed by atoms with Gasteiger partial charge in [-0.25, -0.2) is 13.8 Å². The standard InChI is InChI=1S/C20H18N8O5S2/c1-33-24-12(15-23-20(21)35-25-15)16(29)22-13-17(30)28-14(19(31)32)10(9-34-18(13)28)8-27-7-6-26-5-3-2-4-11(26)27/h2-7,13,18H,8-9H2,1H3,(H3-,21,22,23,25,29,31,32)/p+1/t13-,18+/m1/s1. The van der Waals surface area contributed by atoms with Gasteiger partial charge < -0.3 is 21.0 Å². The highest BCUT2D eigenvalue weighted by Gasteiger charge is 2.54. The minimum atomic E-state index is -1.20. The van der Waals surface area contributed by atoms with Crippen molar-refractivity contribution in [3.8, 4) is 0 Å². The minimum Gasteiger partial charge on any atom is -0.477 e. The summed E-state index contributed by atoms with van der Waals surface area (Å²) in [5.41, 5.74) is 6.77. The van der Waals surface area contributed by atoms with Crippen molar-refractivity contribution in [3.05, 3.63) is 53.9 Å². The molecule has 0 bridgehead atoms. The average Bonchev–Trinajstić information content (AvgIpc) is 3.46. The number of imidazole rings is 1. The normalized spacial score (nSPS) is 20.0. The highest BCUT2D eigenvalue weighted by molar-refractivity contribution is 8.00. The van der Waals surface area contributed by atoms with Gasteiger partial charge in [0.15, 0.2) is 5.13 Å². The van der Waals surface area contributed by atoms with Gasteiger partial charge in [0.1, 0.15) is 43.2 Å². The summed E-state index contributed by atoms with van der Waals surface area (Å²) < 4.78 is 7.79. The molecule has 5 rings (SSSR count). The van der Waals surface area contributed by atoms with E-state index in [4.69, 9.17) is 10.6 Å². The summed E-state index contributed by atoms with van der Waals surface area (Å²) in [6.45, 7) is 0.310. The van der Waals surface area contributed by atoms with E-state index >= 15 is 0 Å². The number of nitrogens with one attached hydrogen (secondary N) is 1. The van der Waals surface area contributed by atoms with Crippen LogP contribution in [0, 0.1) is 0 Å². The van der Waals surface area contributed by atoms with Gasteiger partial charge in [-0.1, -0.05) is 11.2 Å². The second-order valence-electron chi connectivity index (χ2n) is 7.59. The van der Waals surface area contributed by atoms with Gasteiger partial charge in [-0.3, -0.25) is 14.5 Å². The number of aromatic nitrogens is 4. The maximum absolute atomic E-state index is 13.0. The molecule has 35 heavy (non-hydrogen) atoms. The molecular weight excluding hydrogens is 496 g/mol. The number of nitrogen functional groups attached to an aromatic ring is 1. The van der Waals surface area contributed by atoms with E-state index in [-0.39, 0.29) is 22.4 Å². The molecule has 0 radical (unpaired) electrons. The van der Waals surface area contributed by atoms with Crippen molar-refractivity contribution >= 4 is 57.6 Å². The topological polar surface area (TPSA) is 168 Å². The predicted molar refractivity (Wildman–Crippen MR) is 125 cm³/mol. The Morgan fingerprint density at radius 1 is 1.40 bits per heavy atom. The third-order valence-corrected chi connectivity index (χ3v) is 7.40. The fraction of sp³-hybridized carbons (Fsp3) is 0.250. The number of fused-ring (bicyclic) bond motifs is 2. The van der Waals surface area contributed by atoms with Gasteiger partial charge in [0.25, 0.3) is 17.5 Å². The molecule has 0 saturated carbocycles. The zero-order valence-corrected chi connectivity index (χ0v) is 19.8. The molecular formula is C20H19N8O5S2+. The Bertz CT molecular complexity index is 1410. The van der Waals surface area contributed by atoms with Crippen molar-refractivity contribution in [1.82, 2.24) is 24.0 Å². The quantitative estimate of drug-likeness (QED) is 0.162. The van der Waals surface area contributed by atoms with Crippen LogP contribution in [-0.2, 0) is 25.8 Å². The van der Waals surface area contributed by atoms with E-state index in [1.165, 1.54) is 23.8 Å². The van der Waals surface area contributed by atoms with Crippen LogP contribution in [0.25, 0.3) is 5.65 Å². The van der Waals surface area contributed by atoms with E-state index in [2.05, 4.69) is 19.8 Å². The lowest BCUT2D eigenvalue weighted by Crippen LogP contribution is -2.71. The number of nitrogens with two attached hydrogens (primary N) is 1. The molecule has 1 fully saturated rings. The fourth-order valence-corrected chi connectivity index (χ4v) is 5.78. The first-order valence-electron chi connectivity index (χ1n) is 10.3. The Morgan fingerprint density at radius 3 is 2.94 bits per heavy atom. The lowest BCUT2D eigenvalue weighted by atomic mass is 10.0. The van der Waals surface area contributed by atoms with Crippen LogP contribution >= 0.6 is 23.3 Å². The van der Waals surface area contributed by atoms with Gasteiger partial charge >= 0.3 is 5.97 Å². The molecule has 2 amide bonds. The molecule has 4 N–H and O–H groups in total. The number of carbonyl (C=O) groups excluding carboxylic acids is 2. The smallest absolute Gasteiger partial charge is 0.352 e. The maximum atomic E-state index is 13.0. The Balaban J connectivity index is 1.37. The molecule has 0 spiro atoms. The van der Waals surface area contributed by atoms with E-state index in [0.29, 0.717) is 17.9 Å². The van der Waals surface area contributed by atoms with Gasteiger partial charge in [0.05, 0.1) is 6.20 Å². The molecule has 2 aliphatic rings. The summed E-state index contributed by atoms with van der Waals surface area (Å²) in [5, 5.41) is 15.8. The summed E-state index contributed by atoms with van der Waals surface area (Å²) in [6.07, 6.45) is 5.63. The number of β-lactam (4-membered cyclic amide) rings is 1. The second-order valence-corrected chi connectivity index (χ2v) is 9.48. The van der Waals surface area contributed by atoms with Crippen molar-refractivity contribution in [2.45, 2.75) is 18.0 Å². The van der Waals surface area contributed by atoms with Crippen molar-refractivity contribution < 1.29 is 28.9 Å². The summed E-state index contributed by atoms with van der Waals surface area (Å²) in [7, 11) is 1.26. The molecule has 2 aliphatic heterocycles. The third-order valence-electron chi connectivity index (χ3n) is 5.52. The number of oxime groups is 1. The number of amides is 2. The van der Waals surface area contributed by atoms with Gasteiger partial charge in [-0.15, -0.1) is 11.8 Å². The fourth-order valence-electron chi connectivity index (χ4n) is 4.01. The van der Waals surface area contributed by atoms with Crippen molar-refractivity contribution in [1.29, 1.82) is 0 Å². The van der Waals surface area contributed by atoms with Gasteiger partial charge in [0, 0.05) is 28.9 Å². The van der Waals surface area contributed by atoms with Crippen molar-refractivity contribution in [3.63, 3.8) is 0 Å². The van der Waals surface area contributed by atoms with E-state index in [1.807, 2.05) is 45.8 Å². The number of thioether (sulfide) groups is 1. The van der Waals surface area contributed by atoms with Crippen LogP contribution in [0.15, 0.2) is 53.2 Å². The van der Waals surface area contributed by atoms with Crippen LogP contribution in [0.4, 0.5) is 5.13 Å². The minimum absolute atomic E-state index is 0.0306. The third kappa shape index (κ3) is 3.97. The molecule has 1 saturated heterocycles. The molecule has 3 aromatic heterocycles. The van der Waals surface area contributed by atoms with Crippen LogP contribution < -0.4 is 15.6 Å². The van der Waals surface area contributed by atoms with E-state index in [9.17, 15) is 19.5 Å². The lowest BCUT2D eigenvalue weighted by Gasteiger charge is -2.49. The number of carbonyl (C=O) groups is 3. The second kappa shape index (κ2) is 8.99. The Kier molecular flexibility index (Phi) is 5.86. The summed E-state index contributed by atoms with van der Waals surface area (Å²) in [5.74, 6) is -2.11. The predicted octanol–water partition coefficient (Wildman–Crippen LogP) is -0.550. The summed E-state index contributed by atoms with van der Waals surface area (Å²) in [4.78, 5) is 47.9. The van der Waals surface area contributed by atoms with Crippen molar-refractivity contribution in [2.75, 3.05) is 18.6 Å². The SMILES string of the molecule is CON=C(C(=O)N[C@@H]1C(=O)N2C(C(=O)O)=C(C[n+]3ccn4ccccc43)CS[C@@H]12)c1nsc(N)n1. The van der Waals surface area contributed by atoms with E-state index in [1.54, 1.807) is 0 Å². The summed E-state index contributed by atoms with van der Waals surface area (Å²) in [6, 6.07) is 4.77. The number of rotatable bonds is 7. The molecule has 0 aliphatic carbocycles. The molecule has 2 atom stereocenters. The highest BCUT2D eigenvalue weighted by atomic mass is 32.2. The first-order valence-corrected chi connectivity index (χ1v) is 12.1. The first-order chi connectivity index (χ1) is 16.9. The molecule has 3 aromatic rings. The maximum Gasteiger partial charge on any atom is 0.352 e.